The third-order valence-corrected chi connectivity index (χ3v) is 3.80. The minimum atomic E-state index is -5.77. The van der Waals surface area contributed by atoms with Gasteiger partial charge in [0.2, 0.25) is 0 Å². The second kappa shape index (κ2) is 6.47. The van der Waals surface area contributed by atoms with Crippen LogP contribution in [0.25, 0.3) is 0 Å². The van der Waals surface area contributed by atoms with Crippen molar-refractivity contribution in [2.75, 3.05) is 19.8 Å². The van der Waals surface area contributed by atoms with E-state index in [1.807, 2.05) is 0 Å². The Morgan fingerprint density at radius 1 is 0.947 bits per heavy atom. The van der Waals surface area contributed by atoms with Gasteiger partial charge < -0.3 is 0 Å². The van der Waals surface area contributed by atoms with Crippen LogP contribution in [0.15, 0.2) is 0 Å². The predicted octanol–water partition coefficient (Wildman–Crippen LogP) is 3.92. The molecule has 0 saturated carbocycles. The Morgan fingerprint density at radius 2 is 1.42 bits per heavy atom. The molecule has 0 atom stereocenters. The van der Waals surface area contributed by atoms with E-state index >= 15 is 0 Å². The Morgan fingerprint density at radius 3 is 1.84 bits per heavy atom. The molecule has 1 heterocycles. The van der Waals surface area contributed by atoms with E-state index in [1.54, 1.807) is 0 Å². The molecule has 114 valence electrons. The van der Waals surface area contributed by atoms with E-state index in [2.05, 4.69) is 13.6 Å². The topological polar surface area (TPSA) is 44.8 Å². The molecule has 0 unspecified atom stereocenters. The molecule has 0 N–H and O–H groups in total. The molecule has 1 aliphatic heterocycles. The van der Waals surface area contributed by atoms with Gasteiger partial charge in [-0.15, -0.1) is 0 Å². The molecule has 10 heteroatoms. The Kier molecular flexibility index (Phi) is 5.73. The van der Waals surface area contributed by atoms with Crippen molar-refractivity contribution in [1.29, 1.82) is 0 Å². The molecule has 0 bridgehead atoms. The van der Waals surface area contributed by atoms with Crippen molar-refractivity contribution in [2.45, 2.75) is 37.8 Å². The van der Waals surface area contributed by atoms with Gasteiger partial charge in [-0.3, -0.25) is 13.6 Å². The number of halogens is 5. The standard InChI is InChI=1S/C9H14F5O4P/c10-8(11,9(12,13)14)7-18-19(15)16-5-3-1-2-4-6-17-19/h1-7H2. The highest BCUT2D eigenvalue weighted by Gasteiger charge is 2.58. The summed E-state index contributed by atoms with van der Waals surface area (Å²) in [6.45, 7) is -2.24. The number of phosphoric acid groups is 1. The summed E-state index contributed by atoms with van der Waals surface area (Å²) in [7, 11) is -4.36. The maximum atomic E-state index is 12.6. The number of hydrogen-bond acceptors (Lipinski definition) is 4. The maximum absolute atomic E-state index is 12.6. The molecule has 0 aromatic heterocycles. The van der Waals surface area contributed by atoms with Crippen LogP contribution in [0.3, 0.4) is 0 Å². The Balaban J connectivity index is 2.59. The van der Waals surface area contributed by atoms with E-state index in [0.29, 0.717) is 12.8 Å². The third-order valence-electron chi connectivity index (χ3n) is 2.36. The van der Waals surface area contributed by atoms with Crippen molar-refractivity contribution in [3.63, 3.8) is 0 Å². The largest absolute Gasteiger partial charge is 0.474 e. The van der Waals surface area contributed by atoms with Gasteiger partial charge in [0.15, 0.2) is 0 Å². The molecule has 1 aliphatic rings. The first-order chi connectivity index (χ1) is 8.66. The van der Waals surface area contributed by atoms with Crippen LogP contribution in [0.1, 0.15) is 25.7 Å². The molecule has 19 heavy (non-hydrogen) atoms. The fraction of sp³-hybridized carbons (Fsp3) is 1.00. The summed E-state index contributed by atoms with van der Waals surface area (Å²) in [6, 6.07) is 0. The van der Waals surface area contributed by atoms with E-state index in [9.17, 15) is 26.5 Å². The molecule has 0 amide bonds. The SMILES string of the molecule is O=P1(OCC(F)(F)C(F)(F)F)OCCCCCCO1. The minimum Gasteiger partial charge on any atom is -0.287 e. The van der Waals surface area contributed by atoms with E-state index in [-0.39, 0.29) is 13.2 Å². The second-order valence-corrected chi connectivity index (χ2v) is 5.67. The van der Waals surface area contributed by atoms with Crippen LogP contribution in [-0.2, 0) is 18.1 Å². The Hall–Kier alpha value is -0.240. The van der Waals surface area contributed by atoms with E-state index in [1.165, 1.54) is 0 Å². The van der Waals surface area contributed by atoms with Gasteiger partial charge >= 0.3 is 19.9 Å². The second-order valence-electron chi connectivity index (χ2n) is 4.00. The van der Waals surface area contributed by atoms with Crippen molar-refractivity contribution in [1.82, 2.24) is 0 Å². The zero-order chi connectivity index (χ0) is 14.6. The highest BCUT2D eigenvalue weighted by molar-refractivity contribution is 7.48. The molecule has 4 nitrogen and oxygen atoms in total. The van der Waals surface area contributed by atoms with Crippen LogP contribution in [0.4, 0.5) is 22.0 Å². The van der Waals surface area contributed by atoms with Crippen molar-refractivity contribution in [2.24, 2.45) is 0 Å². The monoisotopic (exact) mass is 312 g/mol. The first-order valence-electron chi connectivity index (χ1n) is 5.64. The van der Waals surface area contributed by atoms with E-state index in [0.717, 1.165) is 12.8 Å². The van der Waals surface area contributed by atoms with Crippen molar-refractivity contribution in [3.8, 4) is 0 Å². The molecular weight excluding hydrogens is 298 g/mol. The highest BCUT2D eigenvalue weighted by atomic mass is 31.2. The zero-order valence-electron chi connectivity index (χ0n) is 9.92. The van der Waals surface area contributed by atoms with Crippen LogP contribution < -0.4 is 0 Å². The average molecular weight is 312 g/mol. The van der Waals surface area contributed by atoms with Gasteiger partial charge in [-0.05, 0) is 12.8 Å². The summed E-state index contributed by atoms with van der Waals surface area (Å²) >= 11 is 0. The van der Waals surface area contributed by atoms with E-state index in [4.69, 9.17) is 0 Å². The number of rotatable bonds is 3. The van der Waals surface area contributed by atoms with Crippen LogP contribution in [-0.4, -0.2) is 31.9 Å². The quantitative estimate of drug-likeness (QED) is 0.585. The number of hydrogen-bond donors (Lipinski definition) is 0. The highest BCUT2D eigenvalue weighted by Crippen LogP contribution is 2.52. The van der Waals surface area contributed by atoms with Crippen molar-refractivity contribution >= 4 is 7.82 Å². The van der Waals surface area contributed by atoms with Crippen LogP contribution in [0.5, 0.6) is 0 Å². The fourth-order valence-corrected chi connectivity index (χ4v) is 2.51. The minimum absolute atomic E-state index is 0.0745. The van der Waals surface area contributed by atoms with Gasteiger partial charge in [0.25, 0.3) is 0 Å². The summed E-state index contributed by atoms with van der Waals surface area (Å²) in [5, 5.41) is 0. The summed E-state index contributed by atoms with van der Waals surface area (Å²) < 4.78 is 86.2. The normalized spacial score (nSPS) is 22.4. The van der Waals surface area contributed by atoms with Crippen LogP contribution >= 0.6 is 7.82 Å². The lowest BCUT2D eigenvalue weighted by atomic mass is 10.2. The molecule has 0 radical (unpaired) electrons. The van der Waals surface area contributed by atoms with Crippen molar-refractivity contribution < 1.29 is 40.1 Å². The number of alkyl halides is 5. The molecule has 1 fully saturated rings. The van der Waals surface area contributed by atoms with E-state index < -0.39 is 26.5 Å². The lowest BCUT2D eigenvalue weighted by Crippen LogP contribution is -2.40. The van der Waals surface area contributed by atoms with Crippen LogP contribution in [0.2, 0.25) is 0 Å². The molecule has 1 rings (SSSR count). The van der Waals surface area contributed by atoms with Gasteiger partial charge in [0.1, 0.15) is 6.61 Å². The molecule has 0 spiro atoms. The lowest BCUT2D eigenvalue weighted by molar-refractivity contribution is -0.291. The smallest absolute Gasteiger partial charge is 0.287 e. The third kappa shape index (κ3) is 5.33. The van der Waals surface area contributed by atoms with Gasteiger partial charge in [0.05, 0.1) is 13.2 Å². The molecule has 0 aromatic carbocycles. The summed E-state index contributed by atoms with van der Waals surface area (Å²) in [6.07, 6.45) is -3.23. The fourth-order valence-electron chi connectivity index (χ4n) is 1.26. The predicted molar refractivity (Wildman–Crippen MR) is 54.9 cm³/mol. The molecule has 0 aromatic rings. The Bertz CT molecular complexity index is 319. The van der Waals surface area contributed by atoms with Gasteiger partial charge in [-0.2, -0.15) is 22.0 Å². The summed E-state index contributed by atoms with van der Waals surface area (Å²) in [5.41, 5.74) is 0. The van der Waals surface area contributed by atoms with Crippen molar-refractivity contribution in [3.05, 3.63) is 0 Å². The van der Waals surface area contributed by atoms with Gasteiger partial charge in [-0.1, -0.05) is 12.8 Å². The maximum Gasteiger partial charge on any atom is 0.474 e. The molecular formula is C9H14F5O4P. The zero-order valence-corrected chi connectivity index (χ0v) is 10.8. The van der Waals surface area contributed by atoms with Gasteiger partial charge in [-0.25, -0.2) is 4.57 Å². The molecule has 0 aliphatic carbocycles. The molecule has 1 saturated heterocycles. The van der Waals surface area contributed by atoms with Crippen LogP contribution in [0, 0.1) is 0 Å². The average Bonchev–Trinajstić information content (AvgIpc) is 2.38. The summed E-state index contributed by atoms with van der Waals surface area (Å²) in [5.74, 6) is -5.10. The first-order valence-corrected chi connectivity index (χ1v) is 7.11. The number of phosphoric ester groups is 1. The summed E-state index contributed by atoms with van der Waals surface area (Å²) in [4.78, 5) is 0. The van der Waals surface area contributed by atoms with Gasteiger partial charge in [0, 0.05) is 0 Å². The Labute approximate surface area is 106 Å². The first kappa shape index (κ1) is 16.8. The lowest BCUT2D eigenvalue weighted by Gasteiger charge is -2.22.